The highest BCUT2D eigenvalue weighted by Crippen LogP contribution is 2.32. The van der Waals surface area contributed by atoms with Crippen LogP contribution in [0.15, 0.2) is 18.2 Å². The van der Waals surface area contributed by atoms with Gasteiger partial charge in [0.15, 0.2) is 0 Å². The van der Waals surface area contributed by atoms with Gasteiger partial charge in [0.1, 0.15) is 5.75 Å². The van der Waals surface area contributed by atoms with Crippen LogP contribution in [0.5, 0.6) is 5.75 Å². The number of likely N-dealkylation sites (tertiary alicyclic amines) is 1. The summed E-state index contributed by atoms with van der Waals surface area (Å²) in [6.07, 6.45) is 1.22. The minimum Gasteiger partial charge on any atom is -0.508 e. The molecule has 3 rings (SSSR count). The number of morpholine rings is 1. The highest BCUT2D eigenvalue weighted by Gasteiger charge is 2.31. The molecule has 0 aliphatic carbocycles. The molecular formula is C17H26N2O2. The number of phenols is 1. The van der Waals surface area contributed by atoms with Crippen molar-refractivity contribution in [1.29, 1.82) is 0 Å². The molecular weight excluding hydrogens is 264 g/mol. The van der Waals surface area contributed by atoms with Crippen molar-refractivity contribution in [3.63, 3.8) is 0 Å². The molecule has 2 aliphatic rings. The van der Waals surface area contributed by atoms with Crippen molar-refractivity contribution < 1.29 is 9.84 Å². The van der Waals surface area contributed by atoms with E-state index in [9.17, 15) is 5.11 Å². The largest absolute Gasteiger partial charge is 0.508 e. The van der Waals surface area contributed by atoms with Crippen LogP contribution in [-0.4, -0.2) is 60.3 Å². The molecule has 1 aromatic carbocycles. The van der Waals surface area contributed by atoms with Gasteiger partial charge in [0, 0.05) is 43.8 Å². The van der Waals surface area contributed by atoms with E-state index in [1.165, 1.54) is 12.0 Å². The summed E-state index contributed by atoms with van der Waals surface area (Å²) in [6, 6.07) is 6.81. The van der Waals surface area contributed by atoms with Crippen LogP contribution in [0.25, 0.3) is 0 Å². The molecule has 2 atom stereocenters. The van der Waals surface area contributed by atoms with E-state index in [-0.39, 0.29) is 6.04 Å². The van der Waals surface area contributed by atoms with Crippen molar-refractivity contribution in [3.8, 4) is 5.75 Å². The van der Waals surface area contributed by atoms with Gasteiger partial charge in [0.25, 0.3) is 0 Å². The first-order valence-electron chi connectivity index (χ1n) is 8.00. The maximum absolute atomic E-state index is 10.1. The van der Waals surface area contributed by atoms with Gasteiger partial charge in [-0.3, -0.25) is 9.80 Å². The summed E-state index contributed by atoms with van der Waals surface area (Å²) in [5.74, 6) is 0.419. The fourth-order valence-corrected chi connectivity index (χ4v) is 3.57. The lowest BCUT2D eigenvalue weighted by Gasteiger charge is -2.33. The number of aryl methyl sites for hydroxylation is 1. The number of nitrogens with zero attached hydrogens (tertiary/aromatic N) is 2. The minimum atomic E-state index is 0.274. The number of rotatable bonds is 3. The normalized spacial score (nSPS) is 26.1. The second-order valence-electron chi connectivity index (χ2n) is 6.32. The number of phenolic OH excluding ortho intramolecular Hbond substituents is 1. The van der Waals surface area contributed by atoms with Gasteiger partial charge >= 0.3 is 0 Å². The Balaban J connectivity index is 1.66. The summed E-state index contributed by atoms with van der Waals surface area (Å²) in [5.41, 5.74) is 2.26. The third-order valence-corrected chi connectivity index (χ3v) is 4.94. The van der Waals surface area contributed by atoms with Crippen molar-refractivity contribution in [1.82, 2.24) is 9.80 Å². The first-order valence-corrected chi connectivity index (χ1v) is 8.00. The average Bonchev–Trinajstić information content (AvgIpc) is 3.00. The zero-order valence-corrected chi connectivity index (χ0v) is 13.1. The maximum Gasteiger partial charge on any atom is 0.120 e. The van der Waals surface area contributed by atoms with E-state index >= 15 is 0 Å². The fraction of sp³-hybridized carbons (Fsp3) is 0.647. The van der Waals surface area contributed by atoms with Crippen LogP contribution in [0.4, 0.5) is 0 Å². The van der Waals surface area contributed by atoms with Crippen LogP contribution in [-0.2, 0) is 4.74 Å². The van der Waals surface area contributed by atoms with Crippen LogP contribution < -0.4 is 0 Å². The first kappa shape index (κ1) is 14.8. The second kappa shape index (κ2) is 6.34. The van der Waals surface area contributed by atoms with Gasteiger partial charge < -0.3 is 9.84 Å². The second-order valence-corrected chi connectivity index (χ2v) is 6.32. The molecule has 2 aliphatic heterocycles. The summed E-state index contributed by atoms with van der Waals surface area (Å²) in [7, 11) is 0. The topological polar surface area (TPSA) is 35.9 Å². The van der Waals surface area contributed by atoms with Crippen molar-refractivity contribution >= 4 is 0 Å². The lowest BCUT2D eigenvalue weighted by molar-refractivity contribution is 0.0177. The van der Waals surface area contributed by atoms with Crippen molar-refractivity contribution in [2.45, 2.75) is 32.4 Å². The van der Waals surface area contributed by atoms with Gasteiger partial charge in [-0.05, 0) is 26.3 Å². The molecule has 21 heavy (non-hydrogen) atoms. The van der Waals surface area contributed by atoms with E-state index < -0.39 is 0 Å². The Bertz CT molecular complexity index is 486. The van der Waals surface area contributed by atoms with E-state index in [2.05, 4.69) is 29.7 Å². The highest BCUT2D eigenvalue weighted by molar-refractivity contribution is 5.37. The Hall–Kier alpha value is -1.10. The fourth-order valence-electron chi connectivity index (χ4n) is 3.57. The predicted molar refractivity (Wildman–Crippen MR) is 83.6 cm³/mol. The first-order chi connectivity index (χ1) is 10.1. The molecule has 0 saturated carbocycles. The molecule has 0 radical (unpaired) electrons. The third-order valence-electron chi connectivity index (χ3n) is 4.94. The molecule has 1 N–H and O–H groups in total. The molecule has 0 amide bonds. The molecule has 2 fully saturated rings. The van der Waals surface area contributed by atoms with Crippen LogP contribution in [0.2, 0.25) is 0 Å². The van der Waals surface area contributed by atoms with E-state index in [4.69, 9.17) is 4.74 Å². The Kier molecular flexibility index (Phi) is 4.48. The number of hydrogen-bond donors (Lipinski definition) is 1. The van der Waals surface area contributed by atoms with E-state index in [1.807, 2.05) is 12.1 Å². The molecule has 0 spiro atoms. The van der Waals surface area contributed by atoms with Gasteiger partial charge in [0.05, 0.1) is 13.2 Å². The van der Waals surface area contributed by atoms with E-state index in [0.29, 0.717) is 11.8 Å². The summed E-state index contributed by atoms with van der Waals surface area (Å²) in [4.78, 5) is 5.06. The zero-order chi connectivity index (χ0) is 14.8. The highest BCUT2D eigenvalue weighted by atomic mass is 16.5. The van der Waals surface area contributed by atoms with Crippen LogP contribution >= 0.6 is 0 Å². The van der Waals surface area contributed by atoms with Crippen LogP contribution in [0.3, 0.4) is 0 Å². The summed E-state index contributed by atoms with van der Waals surface area (Å²) in [5, 5.41) is 10.1. The lowest BCUT2D eigenvalue weighted by Crippen LogP contribution is -2.44. The number of ether oxygens (including phenoxy) is 1. The van der Waals surface area contributed by atoms with Crippen LogP contribution in [0, 0.1) is 6.92 Å². The smallest absolute Gasteiger partial charge is 0.120 e. The third kappa shape index (κ3) is 3.23. The standard InChI is InChI=1S/C17H26N2O2/c1-13-3-4-17(20)16(11-13)14(2)19-6-5-15(12-19)18-7-9-21-10-8-18/h3-4,11,14-15,20H,5-10,12H2,1-2H3. The molecule has 2 saturated heterocycles. The number of benzene rings is 1. The maximum atomic E-state index is 10.1. The van der Waals surface area contributed by atoms with Crippen molar-refractivity contribution in [2.75, 3.05) is 39.4 Å². The van der Waals surface area contributed by atoms with Gasteiger partial charge in [0.2, 0.25) is 0 Å². The molecule has 4 nitrogen and oxygen atoms in total. The molecule has 2 unspecified atom stereocenters. The summed E-state index contributed by atoms with van der Waals surface area (Å²) >= 11 is 0. The van der Waals surface area contributed by atoms with Crippen molar-refractivity contribution in [2.24, 2.45) is 0 Å². The summed E-state index contributed by atoms with van der Waals surface area (Å²) in [6.45, 7) is 10.3. The lowest BCUT2D eigenvalue weighted by atomic mass is 10.0. The number of hydrogen-bond acceptors (Lipinski definition) is 4. The molecule has 0 bridgehead atoms. The monoisotopic (exact) mass is 290 g/mol. The van der Waals surface area contributed by atoms with Gasteiger partial charge in [-0.1, -0.05) is 17.7 Å². The summed E-state index contributed by atoms with van der Waals surface area (Å²) < 4.78 is 5.44. The van der Waals surface area contributed by atoms with Gasteiger partial charge in [-0.25, -0.2) is 0 Å². The molecule has 116 valence electrons. The van der Waals surface area contributed by atoms with E-state index in [1.54, 1.807) is 0 Å². The van der Waals surface area contributed by atoms with E-state index in [0.717, 1.165) is 45.0 Å². The zero-order valence-electron chi connectivity index (χ0n) is 13.1. The van der Waals surface area contributed by atoms with Crippen molar-refractivity contribution in [3.05, 3.63) is 29.3 Å². The average molecular weight is 290 g/mol. The predicted octanol–water partition coefficient (Wildman–Crippen LogP) is 2.17. The molecule has 2 heterocycles. The minimum absolute atomic E-state index is 0.274. The Labute approximate surface area is 127 Å². The quantitative estimate of drug-likeness (QED) is 0.925. The molecule has 0 aromatic heterocycles. The van der Waals surface area contributed by atoms with Gasteiger partial charge in [-0.2, -0.15) is 0 Å². The molecule has 4 heteroatoms. The van der Waals surface area contributed by atoms with Crippen LogP contribution in [0.1, 0.15) is 30.5 Å². The van der Waals surface area contributed by atoms with Gasteiger partial charge in [-0.15, -0.1) is 0 Å². The Morgan fingerprint density at radius 1 is 1.24 bits per heavy atom. The Morgan fingerprint density at radius 3 is 2.76 bits per heavy atom. The SMILES string of the molecule is Cc1ccc(O)c(C(C)N2CCC(N3CCOCC3)C2)c1. The number of aromatic hydroxyl groups is 1. The Morgan fingerprint density at radius 2 is 2.00 bits per heavy atom. The molecule has 1 aromatic rings.